The zero-order valence-corrected chi connectivity index (χ0v) is 12.6. The van der Waals surface area contributed by atoms with Crippen molar-refractivity contribution in [1.29, 1.82) is 0 Å². The van der Waals surface area contributed by atoms with Crippen molar-refractivity contribution in [3.8, 4) is 5.75 Å². The lowest BCUT2D eigenvalue weighted by molar-refractivity contribution is 0.0525. The molecule has 0 spiro atoms. The highest BCUT2D eigenvalue weighted by atomic mass is 79.9. The monoisotopic (exact) mass is 302 g/mol. The van der Waals surface area contributed by atoms with Crippen LogP contribution in [0.25, 0.3) is 0 Å². The highest BCUT2D eigenvalue weighted by Gasteiger charge is 2.15. The van der Waals surface area contributed by atoms with Gasteiger partial charge in [-0.05, 0) is 41.9 Å². The number of hydrogen-bond acceptors (Lipinski definition) is 3. The van der Waals surface area contributed by atoms with E-state index in [-0.39, 0.29) is 5.97 Å². The van der Waals surface area contributed by atoms with Crippen molar-refractivity contribution < 1.29 is 14.3 Å². The Hall–Kier alpha value is -1.03. The topological polar surface area (TPSA) is 35.5 Å². The Morgan fingerprint density at radius 2 is 1.94 bits per heavy atom. The Labute approximate surface area is 111 Å². The number of ether oxygens (including phenoxy) is 2. The summed E-state index contributed by atoms with van der Waals surface area (Å²) in [6.07, 6.45) is 0. The van der Waals surface area contributed by atoms with Crippen molar-refractivity contribution >= 4 is 21.9 Å². The molecule has 1 rings (SSSR count). The molecule has 3 nitrogen and oxygen atoms in total. The Bertz CT molecular complexity index is 375. The van der Waals surface area contributed by atoms with Crippen LogP contribution in [0.3, 0.4) is 0 Å². The first-order valence-electron chi connectivity index (χ1n) is 5.62. The van der Waals surface area contributed by atoms with Crippen molar-refractivity contribution in [1.82, 2.24) is 0 Å². The maximum absolute atomic E-state index is 11.6. The summed E-state index contributed by atoms with van der Waals surface area (Å²) < 4.78 is 11.0. The fourth-order valence-corrected chi connectivity index (χ4v) is 1.93. The molecule has 0 saturated heterocycles. The quantitative estimate of drug-likeness (QED) is 0.793. The van der Waals surface area contributed by atoms with Gasteiger partial charge >= 0.3 is 5.97 Å². The van der Waals surface area contributed by atoms with Gasteiger partial charge in [0.2, 0.25) is 0 Å². The second kappa shape index (κ2) is 8.12. The fraction of sp³-hybridized carbons (Fsp3) is 0.462. The fourth-order valence-electron chi connectivity index (χ4n) is 1.34. The molecule has 96 valence electrons. The summed E-state index contributed by atoms with van der Waals surface area (Å²) in [5.74, 6) is 0.348. The van der Waals surface area contributed by atoms with Gasteiger partial charge in [0.15, 0.2) is 0 Å². The molecule has 0 atom stereocenters. The third-order valence-corrected chi connectivity index (χ3v) is 2.68. The highest BCUT2D eigenvalue weighted by Crippen LogP contribution is 2.31. The van der Waals surface area contributed by atoms with E-state index in [0.29, 0.717) is 17.9 Å². The standard InChI is InChI=1S/C11H13BrO3.C2H6/c1-4-15-11(13)8-5-6-9(12)10(14-3)7(8)2;1-2/h5-6H,4H2,1-3H3;1-2H3. The van der Waals surface area contributed by atoms with E-state index in [1.807, 2.05) is 20.8 Å². The molecular weight excluding hydrogens is 284 g/mol. The molecule has 0 bridgehead atoms. The first kappa shape index (κ1) is 16.0. The SMILES string of the molecule is CC.CCOC(=O)c1ccc(Br)c(OC)c1C. The summed E-state index contributed by atoms with van der Waals surface area (Å²) >= 11 is 3.35. The number of rotatable bonds is 3. The predicted octanol–water partition coefficient (Wildman–Crippen LogP) is 3.97. The van der Waals surface area contributed by atoms with E-state index in [4.69, 9.17) is 9.47 Å². The smallest absolute Gasteiger partial charge is 0.338 e. The normalized spacial score (nSPS) is 9.06. The average Bonchev–Trinajstić information content (AvgIpc) is 2.32. The van der Waals surface area contributed by atoms with Gasteiger partial charge in [0.05, 0.1) is 23.8 Å². The van der Waals surface area contributed by atoms with E-state index in [9.17, 15) is 4.79 Å². The largest absolute Gasteiger partial charge is 0.495 e. The van der Waals surface area contributed by atoms with Crippen molar-refractivity contribution in [3.63, 3.8) is 0 Å². The van der Waals surface area contributed by atoms with Gasteiger partial charge in [-0.3, -0.25) is 0 Å². The molecule has 1 aromatic rings. The molecule has 0 aromatic heterocycles. The van der Waals surface area contributed by atoms with Crippen LogP contribution < -0.4 is 4.74 Å². The van der Waals surface area contributed by atoms with E-state index in [2.05, 4.69) is 15.9 Å². The Morgan fingerprint density at radius 1 is 1.35 bits per heavy atom. The zero-order valence-electron chi connectivity index (χ0n) is 11.0. The first-order valence-corrected chi connectivity index (χ1v) is 6.41. The molecular formula is C13H19BrO3. The molecule has 0 aliphatic rings. The van der Waals surface area contributed by atoms with Crippen LogP contribution in [-0.2, 0) is 4.74 Å². The van der Waals surface area contributed by atoms with Gasteiger partial charge < -0.3 is 9.47 Å². The third-order valence-electron chi connectivity index (χ3n) is 2.06. The van der Waals surface area contributed by atoms with Crippen LogP contribution in [0.2, 0.25) is 0 Å². The van der Waals surface area contributed by atoms with E-state index in [0.717, 1.165) is 10.0 Å². The molecule has 4 heteroatoms. The van der Waals surface area contributed by atoms with Crippen molar-refractivity contribution in [3.05, 3.63) is 27.7 Å². The van der Waals surface area contributed by atoms with Gasteiger partial charge in [0.25, 0.3) is 0 Å². The maximum atomic E-state index is 11.6. The molecule has 0 aliphatic carbocycles. The molecule has 0 unspecified atom stereocenters. The van der Waals surface area contributed by atoms with E-state index < -0.39 is 0 Å². The van der Waals surface area contributed by atoms with Crippen LogP contribution in [0.4, 0.5) is 0 Å². The highest BCUT2D eigenvalue weighted by molar-refractivity contribution is 9.10. The van der Waals surface area contributed by atoms with Crippen LogP contribution >= 0.6 is 15.9 Å². The number of esters is 1. The second-order valence-corrected chi connectivity index (χ2v) is 3.83. The molecule has 0 fully saturated rings. The summed E-state index contributed by atoms with van der Waals surface area (Å²) in [5.41, 5.74) is 1.32. The van der Waals surface area contributed by atoms with Crippen LogP contribution in [0.1, 0.15) is 36.7 Å². The lowest BCUT2D eigenvalue weighted by atomic mass is 10.1. The molecule has 0 amide bonds. The van der Waals surface area contributed by atoms with Gasteiger partial charge in [-0.25, -0.2) is 4.79 Å². The number of benzene rings is 1. The molecule has 0 aliphatic heterocycles. The van der Waals surface area contributed by atoms with Crippen molar-refractivity contribution in [2.45, 2.75) is 27.7 Å². The average molecular weight is 303 g/mol. The van der Waals surface area contributed by atoms with E-state index in [1.54, 1.807) is 26.2 Å². The summed E-state index contributed by atoms with van der Waals surface area (Å²) in [7, 11) is 1.57. The molecule has 1 aromatic carbocycles. The molecule has 0 heterocycles. The van der Waals surface area contributed by atoms with Crippen molar-refractivity contribution in [2.75, 3.05) is 13.7 Å². The Kier molecular flexibility index (Phi) is 7.63. The first-order chi connectivity index (χ1) is 8.11. The number of carbonyl (C=O) groups excluding carboxylic acids is 1. The van der Waals surface area contributed by atoms with Crippen molar-refractivity contribution in [2.24, 2.45) is 0 Å². The van der Waals surface area contributed by atoms with Gasteiger partial charge in [-0.2, -0.15) is 0 Å². The van der Waals surface area contributed by atoms with Gasteiger partial charge in [-0.15, -0.1) is 0 Å². The minimum Gasteiger partial charge on any atom is -0.495 e. The van der Waals surface area contributed by atoms with Gasteiger partial charge in [0.1, 0.15) is 5.75 Å². The summed E-state index contributed by atoms with van der Waals surface area (Å²) in [6, 6.07) is 3.50. The van der Waals surface area contributed by atoms with Crippen LogP contribution in [0.15, 0.2) is 16.6 Å². The van der Waals surface area contributed by atoms with E-state index >= 15 is 0 Å². The number of halogens is 1. The lowest BCUT2D eigenvalue weighted by Gasteiger charge is -2.11. The van der Waals surface area contributed by atoms with Gasteiger partial charge in [-0.1, -0.05) is 13.8 Å². The predicted molar refractivity (Wildman–Crippen MR) is 72.7 cm³/mol. The third kappa shape index (κ3) is 4.04. The summed E-state index contributed by atoms with van der Waals surface area (Å²) in [4.78, 5) is 11.6. The molecule has 0 radical (unpaired) electrons. The van der Waals surface area contributed by atoms with Crippen LogP contribution in [0, 0.1) is 6.92 Å². The summed E-state index contributed by atoms with van der Waals surface area (Å²) in [5, 5.41) is 0. The minimum absolute atomic E-state index is 0.319. The lowest BCUT2D eigenvalue weighted by Crippen LogP contribution is -2.07. The Balaban J connectivity index is 0.00000121. The van der Waals surface area contributed by atoms with Crippen LogP contribution in [-0.4, -0.2) is 19.7 Å². The van der Waals surface area contributed by atoms with Crippen LogP contribution in [0.5, 0.6) is 5.75 Å². The maximum Gasteiger partial charge on any atom is 0.338 e. The number of methoxy groups -OCH3 is 1. The molecule has 0 N–H and O–H groups in total. The van der Waals surface area contributed by atoms with Gasteiger partial charge in [0, 0.05) is 5.56 Å². The second-order valence-electron chi connectivity index (χ2n) is 2.97. The molecule has 17 heavy (non-hydrogen) atoms. The molecule has 0 saturated carbocycles. The summed E-state index contributed by atoms with van der Waals surface area (Å²) in [6.45, 7) is 7.98. The number of hydrogen-bond donors (Lipinski definition) is 0. The zero-order chi connectivity index (χ0) is 13.4. The number of carbonyl (C=O) groups is 1. The van der Waals surface area contributed by atoms with E-state index in [1.165, 1.54) is 0 Å². The minimum atomic E-state index is -0.319. The Morgan fingerprint density at radius 3 is 2.41 bits per heavy atom.